The third-order valence-corrected chi connectivity index (χ3v) is 10.6. The summed E-state index contributed by atoms with van der Waals surface area (Å²) in [7, 11) is -1.94. The number of carbonyl (C=O) groups is 2. The van der Waals surface area contributed by atoms with E-state index in [0.717, 1.165) is 0 Å². The Labute approximate surface area is 166 Å². The van der Waals surface area contributed by atoms with E-state index in [2.05, 4.69) is 39.2 Å². The van der Waals surface area contributed by atoms with Crippen molar-refractivity contribution in [3.63, 3.8) is 0 Å². The summed E-state index contributed by atoms with van der Waals surface area (Å²) in [4.78, 5) is 23.9. The van der Waals surface area contributed by atoms with Crippen molar-refractivity contribution in [1.29, 1.82) is 0 Å². The number of hydrogen-bond acceptors (Lipinski definition) is 4. The molecule has 1 aliphatic heterocycles. The van der Waals surface area contributed by atoms with Crippen molar-refractivity contribution in [2.45, 2.75) is 71.8 Å². The van der Waals surface area contributed by atoms with Crippen molar-refractivity contribution < 1.29 is 18.8 Å². The number of ether oxygens (including phenoxy) is 1. The fourth-order valence-corrected chi connectivity index (χ4v) is 4.85. The van der Waals surface area contributed by atoms with Gasteiger partial charge >= 0.3 is 5.97 Å². The molecule has 0 aromatic carbocycles. The summed E-state index contributed by atoms with van der Waals surface area (Å²) in [6.45, 7) is 17.1. The molecular weight excluding hydrogens is 449 g/mol. The summed E-state index contributed by atoms with van der Waals surface area (Å²) >= 11 is 1.99. The lowest BCUT2D eigenvalue weighted by Crippen LogP contribution is -2.65. The molecule has 1 fully saturated rings. The molecule has 7 heteroatoms. The molecule has 1 N–H and O–H groups in total. The normalized spacial score (nSPS) is 24.2. The van der Waals surface area contributed by atoms with Crippen LogP contribution in [0.3, 0.4) is 0 Å². The van der Waals surface area contributed by atoms with E-state index >= 15 is 0 Å². The molecule has 0 unspecified atom stereocenters. The second-order valence-electron chi connectivity index (χ2n) is 8.24. The molecule has 0 aromatic rings. The van der Waals surface area contributed by atoms with Crippen LogP contribution in [0.5, 0.6) is 0 Å². The number of hydrogen-bond donors (Lipinski definition) is 1. The van der Waals surface area contributed by atoms with Gasteiger partial charge in [-0.15, -0.1) is 0 Å². The van der Waals surface area contributed by atoms with Crippen molar-refractivity contribution in [2.24, 2.45) is 11.8 Å². The predicted molar refractivity (Wildman–Crippen MR) is 111 cm³/mol. The lowest BCUT2D eigenvalue weighted by Gasteiger charge is -2.46. The van der Waals surface area contributed by atoms with Gasteiger partial charge in [0.25, 0.3) is 0 Å². The number of nitrogens with one attached hydrogen (secondary N) is 1. The minimum absolute atomic E-state index is 0.0218. The van der Waals surface area contributed by atoms with Gasteiger partial charge in [0.15, 0.2) is 8.32 Å². The van der Waals surface area contributed by atoms with Gasteiger partial charge in [0.2, 0.25) is 5.91 Å². The third kappa shape index (κ3) is 5.53. The zero-order chi connectivity index (χ0) is 19.6. The van der Waals surface area contributed by atoms with Gasteiger partial charge in [0.05, 0.1) is 22.2 Å². The van der Waals surface area contributed by atoms with Crippen LogP contribution < -0.4 is 5.32 Å². The number of halogens is 1. The molecule has 4 atom stereocenters. The Morgan fingerprint density at radius 3 is 2.36 bits per heavy atom. The van der Waals surface area contributed by atoms with Gasteiger partial charge in [0.1, 0.15) is 0 Å². The molecule has 25 heavy (non-hydrogen) atoms. The van der Waals surface area contributed by atoms with Gasteiger partial charge in [0, 0.05) is 6.04 Å². The SMILES string of the molecule is CCOC(=O)/C(I)=C\[C@H](C)[C@H]1NC(=O)[C@@H]1[C@@H](C)O[Si](C)(C)C(C)(C)C. The second kappa shape index (κ2) is 8.52. The molecule has 0 radical (unpaired) electrons. The van der Waals surface area contributed by atoms with E-state index in [1.165, 1.54) is 0 Å². The van der Waals surface area contributed by atoms with Crippen LogP contribution in [0, 0.1) is 11.8 Å². The molecule has 144 valence electrons. The highest BCUT2D eigenvalue weighted by atomic mass is 127. The molecular formula is C18H32INO4Si. The summed E-state index contributed by atoms with van der Waals surface area (Å²) in [5.41, 5.74) is 0. The van der Waals surface area contributed by atoms with Crippen LogP contribution in [-0.2, 0) is 18.8 Å². The zero-order valence-corrected chi connectivity index (χ0v) is 19.8. The lowest BCUT2D eigenvalue weighted by atomic mass is 9.79. The van der Waals surface area contributed by atoms with E-state index in [1.807, 2.05) is 42.5 Å². The molecule has 5 nitrogen and oxygen atoms in total. The van der Waals surface area contributed by atoms with E-state index in [1.54, 1.807) is 6.92 Å². The number of rotatable bonds is 7. The van der Waals surface area contributed by atoms with Gasteiger partial charge in [-0.2, -0.15) is 0 Å². The Kier molecular flexibility index (Phi) is 7.71. The van der Waals surface area contributed by atoms with Crippen LogP contribution in [0.2, 0.25) is 18.1 Å². The standard InChI is InChI=1S/C18H32INO4Si/c1-9-23-17(22)13(19)10-11(2)15-14(16(21)20-15)12(3)24-25(7,8)18(4,5)6/h10-12,14-15H,9H2,1-8H3,(H,20,21)/b13-10+/t11-,12+,14+,15+/m0/s1. The minimum Gasteiger partial charge on any atom is -0.462 e. The van der Waals surface area contributed by atoms with Gasteiger partial charge < -0.3 is 14.5 Å². The molecule has 1 saturated heterocycles. The van der Waals surface area contributed by atoms with Gasteiger partial charge in [-0.3, -0.25) is 4.79 Å². The summed E-state index contributed by atoms with van der Waals surface area (Å²) < 4.78 is 12.0. The van der Waals surface area contributed by atoms with Crippen molar-refractivity contribution in [1.82, 2.24) is 5.32 Å². The van der Waals surface area contributed by atoms with Crippen molar-refractivity contribution >= 4 is 42.8 Å². The Morgan fingerprint density at radius 2 is 1.92 bits per heavy atom. The monoisotopic (exact) mass is 481 g/mol. The minimum atomic E-state index is -1.94. The fraction of sp³-hybridized carbons (Fsp3) is 0.778. The largest absolute Gasteiger partial charge is 0.462 e. The van der Waals surface area contributed by atoms with Crippen LogP contribution in [0.4, 0.5) is 0 Å². The molecule has 0 spiro atoms. The Hall–Kier alpha value is -0.413. The summed E-state index contributed by atoms with van der Waals surface area (Å²) in [5.74, 6) is -0.443. The highest BCUT2D eigenvalue weighted by Crippen LogP contribution is 2.39. The quantitative estimate of drug-likeness (QED) is 0.196. The predicted octanol–water partition coefficient (Wildman–Crippen LogP) is 4.03. The van der Waals surface area contributed by atoms with E-state index in [9.17, 15) is 9.59 Å². The van der Waals surface area contributed by atoms with Crippen molar-refractivity contribution in [3.8, 4) is 0 Å². The number of esters is 1. The topological polar surface area (TPSA) is 64.6 Å². The summed E-state index contributed by atoms with van der Waals surface area (Å²) in [5, 5.41) is 3.07. The Bertz CT molecular complexity index is 542. The van der Waals surface area contributed by atoms with E-state index in [4.69, 9.17) is 9.16 Å². The third-order valence-electron chi connectivity index (χ3n) is 5.24. The first-order valence-electron chi connectivity index (χ1n) is 8.84. The first kappa shape index (κ1) is 22.6. The molecule has 1 aliphatic rings. The molecule has 1 heterocycles. The fourth-order valence-electron chi connectivity index (χ4n) is 2.70. The van der Waals surface area contributed by atoms with Gasteiger partial charge in [-0.25, -0.2) is 4.79 Å². The molecule has 1 rings (SSSR count). The van der Waals surface area contributed by atoms with Crippen LogP contribution in [-0.4, -0.2) is 38.9 Å². The van der Waals surface area contributed by atoms with Crippen molar-refractivity contribution in [3.05, 3.63) is 9.66 Å². The molecule has 0 aliphatic carbocycles. The smallest absolute Gasteiger partial charge is 0.344 e. The van der Waals surface area contributed by atoms with Crippen LogP contribution in [0.25, 0.3) is 0 Å². The van der Waals surface area contributed by atoms with E-state index in [-0.39, 0.29) is 40.9 Å². The summed E-state index contributed by atoms with van der Waals surface area (Å²) in [6.07, 6.45) is 1.73. The Balaban J connectivity index is 2.82. The maximum atomic E-state index is 12.2. The maximum absolute atomic E-state index is 12.2. The highest BCUT2D eigenvalue weighted by Gasteiger charge is 2.48. The number of carbonyl (C=O) groups excluding carboxylic acids is 2. The molecule has 0 aromatic heterocycles. The number of β-lactam (4-membered cyclic amide) rings is 1. The maximum Gasteiger partial charge on any atom is 0.344 e. The van der Waals surface area contributed by atoms with Crippen LogP contribution in [0.15, 0.2) is 9.66 Å². The number of amides is 1. The van der Waals surface area contributed by atoms with E-state index < -0.39 is 8.32 Å². The second-order valence-corrected chi connectivity index (χ2v) is 14.2. The lowest BCUT2D eigenvalue weighted by molar-refractivity contribution is -0.141. The van der Waals surface area contributed by atoms with Crippen LogP contribution >= 0.6 is 22.6 Å². The zero-order valence-electron chi connectivity index (χ0n) is 16.6. The summed E-state index contributed by atoms with van der Waals surface area (Å²) in [6, 6.07) is -0.0218. The highest BCUT2D eigenvalue weighted by molar-refractivity contribution is 14.1. The van der Waals surface area contributed by atoms with Crippen molar-refractivity contribution in [2.75, 3.05) is 6.61 Å². The average Bonchev–Trinajstić information content (AvgIpc) is 2.42. The van der Waals surface area contributed by atoms with Crippen LogP contribution in [0.1, 0.15) is 41.5 Å². The first-order chi connectivity index (χ1) is 11.3. The molecule has 0 bridgehead atoms. The Morgan fingerprint density at radius 1 is 1.36 bits per heavy atom. The van der Waals surface area contributed by atoms with E-state index in [0.29, 0.717) is 10.2 Å². The van der Waals surface area contributed by atoms with Gasteiger partial charge in [-0.1, -0.05) is 33.8 Å². The first-order valence-corrected chi connectivity index (χ1v) is 12.8. The van der Waals surface area contributed by atoms with Gasteiger partial charge in [-0.05, 0) is 60.5 Å². The molecule has 0 saturated carbocycles. The average molecular weight is 481 g/mol. The molecule has 1 amide bonds.